The quantitative estimate of drug-likeness (QED) is 0.171. The van der Waals surface area contributed by atoms with Crippen LogP contribution < -0.4 is 14.5 Å². The SMILES string of the molecule is O=Cc1cccc(/C=N/Oc2cccc(/C=N/Oc3cccc(/C=N/Oc4ccccc4)c3)c2)c1. The van der Waals surface area contributed by atoms with Crippen molar-refractivity contribution in [3.8, 4) is 17.2 Å². The molecule has 0 fully saturated rings. The molecule has 4 aromatic rings. The fourth-order valence-corrected chi connectivity index (χ4v) is 2.94. The molecular formula is C28H21N3O4. The molecule has 0 aromatic heterocycles. The summed E-state index contributed by atoms with van der Waals surface area (Å²) in [6.45, 7) is 0. The molecule has 0 spiro atoms. The number of carbonyl (C=O) groups excluding carboxylic acids is 1. The number of benzene rings is 4. The summed E-state index contributed by atoms with van der Waals surface area (Å²) < 4.78 is 0. The second-order valence-corrected chi connectivity index (χ2v) is 7.22. The van der Waals surface area contributed by atoms with E-state index in [4.69, 9.17) is 14.5 Å². The lowest BCUT2D eigenvalue weighted by molar-refractivity contribution is 0.112. The van der Waals surface area contributed by atoms with Crippen molar-refractivity contribution in [3.05, 3.63) is 125 Å². The molecule has 0 unspecified atom stereocenters. The molecule has 0 bridgehead atoms. The van der Waals surface area contributed by atoms with Gasteiger partial charge in [0.25, 0.3) is 0 Å². The van der Waals surface area contributed by atoms with Crippen LogP contribution in [-0.4, -0.2) is 24.9 Å². The molecule has 0 aliphatic heterocycles. The molecule has 0 atom stereocenters. The van der Waals surface area contributed by atoms with Crippen LogP contribution in [0.25, 0.3) is 0 Å². The first-order chi connectivity index (χ1) is 17.3. The minimum atomic E-state index is 0.536. The van der Waals surface area contributed by atoms with Crippen LogP contribution in [-0.2, 0) is 0 Å². The van der Waals surface area contributed by atoms with Gasteiger partial charge in [0.15, 0.2) is 17.2 Å². The average molecular weight is 463 g/mol. The number of rotatable bonds is 10. The molecule has 4 rings (SSSR count). The van der Waals surface area contributed by atoms with Crippen LogP contribution in [0.2, 0.25) is 0 Å². The zero-order valence-electron chi connectivity index (χ0n) is 18.6. The van der Waals surface area contributed by atoms with Crippen molar-refractivity contribution >= 4 is 24.9 Å². The molecule has 0 N–H and O–H groups in total. The van der Waals surface area contributed by atoms with Gasteiger partial charge in [0.05, 0.1) is 18.6 Å². The van der Waals surface area contributed by atoms with E-state index in [0.717, 1.165) is 23.0 Å². The summed E-state index contributed by atoms with van der Waals surface area (Å²) in [5.41, 5.74) is 2.92. The second-order valence-electron chi connectivity index (χ2n) is 7.22. The Balaban J connectivity index is 1.31. The molecular weight excluding hydrogens is 442 g/mol. The predicted molar refractivity (Wildman–Crippen MR) is 136 cm³/mol. The summed E-state index contributed by atoms with van der Waals surface area (Å²) in [5.74, 6) is 1.75. The van der Waals surface area contributed by atoms with Crippen LogP contribution in [0.1, 0.15) is 27.0 Å². The normalized spacial score (nSPS) is 11.2. The molecule has 0 radical (unpaired) electrons. The van der Waals surface area contributed by atoms with Gasteiger partial charge < -0.3 is 14.5 Å². The van der Waals surface area contributed by atoms with Gasteiger partial charge in [0, 0.05) is 5.56 Å². The average Bonchev–Trinajstić information content (AvgIpc) is 2.90. The summed E-state index contributed by atoms with van der Waals surface area (Å²) in [5, 5.41) is 12.0. The van der Waals surface area contributed by atoms with Crippen molar-refractivity contribution in [2.45, 2.75) is 0 Å². The maximum absolute atomic E-state index is 10.9. The van der Waals surface area contributed by atoms with Gasteiger partial charge in [-0.2, -0.15) is 0 Å². The summed E-state index contributed by atoms with van der Waals surface area (Å²) in [6, 6.07) is 30.9. The molecule has 0 saturated heterocycles. The van der Waals surface area contributed by atoms with Gasteiger partial charge in [-0.05, 0) is 59.2 Å². The van der Waals surface area contributed by atoms with Gasteiger partial charge in [0.1, 0.15) is 6.29 Å². The van der Waals surface area contributed by atoms with Crippen LogP contribution in [0.3, 0.4) is 0 Å². The van der Waals surface area contributed by atoms with Crippen LogP contribution in [0.5, 0.6) is 17.2 Å². The number of aldehydes is 1. The Morgan fingerprint density at radius 1 is 0.457 bits per heavy atom. The van der Waals surface area contributed by atoms with Crippen molar-refractivity contribution in [1.29, 1.82) is 0 Å². The third-order valence-electron chi connectivity index (χ3n) is 4.59. The van der Waals surface area contributed by atoms with E-state index >= 15 is 0 Å². The standard InChI is InChI=1S/C28H21N3O4/c32-21-25-10-4-7-22(15-25)18-30-34-27-13-6-9-24(17-27)20-31-35-28-14-5-8-23(16-28)19-29-33-26-11-2-1-3-12-26/h1-21H/b29-19+,30-18+,31-20+. The molecule has 4 aromatic carbocycles. The second kappa shape index (κ2) is 12.3. The number of nitrogens with zero attached hydrogens (tertiary/aromatic N) is 3. The maximum Gasteiger partial charge on any atom is 0.158 e. The molecule has 7 nitrogen and oxygen atoms in total. The first-order valence-corrected chi connectivity index (χ1v) is 10.7. The Morgan fingerprint density at radius 3 is 1.43 bits per heavy atom. The van der Waals surface area contributed by atoms with E-state index in [1.807, 2.05) is 60.7 Å². The maximum atomic E-state index is 10.9. The molecule has 0 aliphatic carbocycles. The van der Waals surface area contributed by atoms with Crippen LogP contribution >= 0.6 is 0 Å². The number of carbonyl (C=O) groups is 1. The van der Waals surface area contributed by atoms with E-state index in [1.54, 1.807) is 54.9 Å². The minimum Gasteiger partial charge on any atom is -0.357 e. The fraction of sp³-hybridized carbons (Fsp3) is 0. The lowest BCUT2D eigenvalue weighted by atomic mass is 10.1. The summed E-state index contributed by atoms with van der Waals surface area (Å²) >= 11 is 0. The Bertz CT molecular complexity index is 1350. The molecule has 172 valence electrons. The summed E-state index contributed by atoms with van der Waals surface area (Å²) in [7, 11) is 0. The van der Waals surface area contributed by atoms with Gasteiger partial charge in [-0.1, -0.05) is 76.1 Å². The molecule has 7 heteroatoms. The van der Waals surface area contributed by atoms with Crippen LogP contribution in [0.15, 0.2) is 119 Å². The Kier molecular flexibility index (Phi) is 8.11. The van der Waals surface area contributed by atoms with Crippen LogP contribution in [0.4, 0.5) is 0 Å². The van der Waals surface area contributed by atoms with E-state index in [9.17, 15) is 4.79 Å². The third-order valence-corrected chi connectivity index (χ3v) is 4.59. The van der Waals surface area contributed by atoms with E-state index < -0.39 is 0 Å². The minimum absolute atomic E-state index is 0.536. The Morgan fingerprint density at radius 2 is 0.886 bits per heavy atom. The van der Waals surface area contributed by atoms with Gasteiger partial charge in [-0.15, -0.1) is 0 Å². The van der Waals surface area contributed by atoms with Gasteiger partial charge >= 0.3 is 0 Å². The molecule has 0 heterocycles. The van der Waals surface area contributed by atoms with Crippen molar-refractivity contribution in [1.82, 2.24) is 0 Å². The van der Waals surface area contributed by atoms with Gasteiger partial charge in [-0.3, -0.25) is 4.79 Å². The van der Waals surface area contributed by atoms with Gasteiger partial charge in [0.2, 0.25) is 0 Å². The van der Waals surface area contributed by atoms with E-state index in [2.05, 4.69) is 15.5 Å². The first kappa shape index (κ1) is 23.1. The number of hydrogen-bond donors (Lipinski definition) is 0. The summed E-state index contributed by atoms with van der Waals surface area (Å²) in [6.07, 6.45) is 5.49. The molecule has 35 heavy (non-hydrogen) atoms. The largest absolute Gasteiger partial charge is 0.357 e. The topological polar surface area (TPSA) is 81.8 Å². The number of hydrogen-bond acceptors (Lipinski definition) is 7. The Labute approximate surface area is 202 Å². The third kappa shape index (κ3) is 7.50. The van der Waals surface area contributed by atoms with Crippen molar-refractivity contribution < 1.29 is 19.3 Å². The predicted octanol–water partition coefficient (Wildman–Crippen LogP) is 5.74. The van der Waals surface area contributed by atoms with E-state index in [0.29, 0.717) is 22.8 Å². The van der Waals surface area contributed by atoms with Crippen molar-refractivity contribution in [2.75, 3.05) is 0 Å². The molecule has 0 aliphatic rings. The van der Waals surface area contributed by atoms with Gasteiger partial charge in [-0.25, -0.2) is 0 Å². The van der Waals surface area contributed by atoms with Crippen LogP contribution in [0, 0.1) is 0 Å². The zero-order chi connectivity index (χ0) is 24.1. The van der Waals surface area contributed by atoms with Crippen molar-refractivity contribution in [3.63, 3.8) is 0 Å². The fourth-order valence-electron chi connectivity index (χ4n) is 2.94. The highest BCUT2D eigenvalue weighted by atomic mass is 16.6. The van der Waals surface area contributed by atoms with E-state index in [-0.39, 0.29) is 0 Å². The smallest absolute Gasteiger partial charge is 0.158 e. The lowest BCUT2D eigenvalue weighted by Gasteiger charge is -2.01. The zero-order valence-corrected chi connectivity index (χ0v) is 18.6. The summed E-state index contributed by atoms with van der Waals surface area (Å²) in [4.78, 5) is 27.1. The molecule has 0 saturated carbocycles. The monoisotopic (exact) mass is 463 g/mol. The number of oxime groups is 3. The highest BCUT2D eigenvalue weighted by Gasteiger charge is 1.98. The lowest BCUT2D eigenvalue weighted by Crippen LogP contribution is -1.91. The Hall–Kier alpha value is -5.04. The first-order valence-electron chi connectivity index (χ1n) is 10.7. The number of para-hydroxylation sites is 1. The van der Waals surface area contributed by atoms with Crippen molar-refractivity contribution in [2.24, 2.45) is 15.5 Å². The molecule has 0 amide bonds. The highest BCUT2D eigenvalue weighted by Crippen LogP contribution is 2.15. The highest BCUT2D eigenvalue weighted by molar-refractivity contribution is 5.84. The van der Waals surface area contributed by atoms with E-state index in [1.165, 1.54) is 6.21 Å².